The highest BCUT2D eigenvalue weighted by Crippen LogP contribution is 2.09. The van der Waals surface area contributed by atoms with Gasteiger partial charge >= 0.3 is 0 Å². The molecule has 1 aromatic rings. The van der Waals surface area contributed by atoms with E-state index < -0.39 is 0 Å². The van der Waals surface area contributed by atoms with E-state index in [1.807, 2.05) is 0 Å². The fourth-order valence-corrected chi connectivity index (χ4v) is 1.02. The Kier molecular flexibility index (Phi) is 3.83. The maximum absolute atomic E-state index is 2.26. The second-order valence-electron chi connectivity index (χ2n) is 2.77. The van der Waals surface area contributed by atoms with Gasteiger partial charge in [-0.15, -0.1) is 0 Å². The van der Waals surface area contributed by atoms with Crippen molar-refractivity contribution < 1.29 is 0 Å². The molecule has 0 radical (unpaired) electrons. The van der Waals surface area contributed by atoms with E-state index in [4.69, 9.17) is 0 Å². The van der Waals surface area contributed by atoms with Crippen LogP contribution in [-0.2, 0) is 6.42 Å². The van der Waals surface area contributed by atoms with Crippen LogP contribution in [0, 0.1) is 13.8 Å². The van der Waals surface area contributed by atoms with Crippen LogP contribution in [0.15, 0.2) is 18.2 Å². The zero-order chi connectivity index (χ0) is 7.56. The van der Waals surface area contributed by atoms with Crippen molar-refractivity contribution in [3.8, 4) is 0 Å². The third-order valence-electron chi connectivity index (χ3n) is 1.98. The molecule has 0 bridgehead atoms. The average Bonchev–Trinajstić information content (AvgIpc) is 1.95. The average molecular weight is 151 g/mol. The topological polar surface area (TPSA) is 35.0 Å². The minimum atomic E-state index is 0. The largest absolute Gasteiger partial charge is 0.344 e. The molecule has 0 aromatic heterocycles. The smallest absolute Gasteiger partial charge is 0.0307 e. The van der Waals surface area contributed by atoms with Gasteiger partial charge in [0.15, 0.2) is 0 Å². The first kappa shape index (κ1) is 10.2. The van der Waals surface area contributed by atoms with Gasteiger partial charge in [0.2, 0.25) is 0 Å². The van der Waals surface area contributed by atoms with Gasteiger partial charge in [-0.1, -0.05) is 25.1 Å². The van der Waals surface area contributed by atoms with Gasteiger partial charge in [0.05, 0.1) is 0 Å². The highest BCUT2D eigenvalue weighted by Gasteiger charge is 1.92. The Hall–Kier alpha value is -0.820. The molecule has 0 saturated carbocycles. The van der Waals surface area contributed by atoms with Crippen LogP contribution < -0.4 is 6.15 Å². The van der Waals surface area contributed by atoms with Gasteiger partial charge in [-0.2, -0.15) is 0 Å². The lowest BCUT2D eigenvalue weighted by atomic mass is 10.1. The van der Waals surface area contributed by atoms with Gasteiger partial charge in [-0.3, -0.25) is 0 Å². The van der Waals surface area contributed by atoms with E-state index >= 15 is 0 Å². The Morgan fingerprint density at radius 2 is 1.73 bits per heavy atom. The molecular weight excluding hydrogens is 134 g/mol. The van der Waals surface area contributed by atoms with Crippen LogP contribution in [0.4, 0.5) is 0 Å². The van der Waals surface area contributed by atoms with E-state index in [1.165, 1.54) is 16.7 Å². The molecule has 0 amide bonds. The fourth-order valence-electron chi connectivity index (χ4n) is 1.02. The third-order valence-corrected chi connectivity index (χ3v) is 1.98. The first-order valence-electron chi connectivity index (χ1n) is 3.80. The molecule has 0 aliphatic carbocycles. The molecule has 0 aliphatic rings. The Morgan fingerprint density at radius 3 is 2.18 bits per heavy atom. The Bertz CT molecular complexity index is 228. The summed E-state index contributed by atoms with van der Waals surface area (Å²) in [6, 6.07) is 6.64. The summed E-state index contributed by atoms with van der Waals surface area (Å²) in [7, 11) is 0. The molecule has 0 heterocycles. The Balaban J connectivity index is 0.000001000. The molecule has 0 spiro atoms. The summed E-state index contributed by atoms with van der Waals surface area (Å²) in [5.41, 5.74) is 4.22. The molecule has 0 atom stereocenters. The summed E-state index contributed by atoms with van der Waals surface area (Å²) in [6.07, 6.45) is 1.14. The molecule has 1 heteroatoms. The predicted octanol–water partition coefficient (Wildman–Crippen LogP) is 3.03. The molecule has 11 heavy (non-hydrogen) atoms. The minimum absolute atomic E-state index is 0. The summed E-state index contributed by atoms with van der Waals surface area (Å²) in [5, 5.41) is 0. The first-order chi connectivity index (χ1) is 4.74. The van der Waals surface area contributed by atoms with Crippen molar-refractivity contribution in [3.05, 3.63) is 34.9 Å². The lowest BCUT2D eigenvalue weighted by molar-refractivity contribution is 1.12. The van der Waals surface area contributed by atoms with Crippen LogP contribution in [0.5, 0.6) is 0 Å². The van der Waals surface area contributed by atoms with E-state index in [9.17, 15) is 0 Å². The van der Waals surface area contributed by atoms with Gasteiger partial charge in [0.1, 0.15) is 0 Å². The minimum Gasteiger partial charge on any atom is -0.344 e. The van der Waals surface area contributed by atoms with Crippen LogP contribution >= 0.6 is 0 Å². The summed E-state index contributed by atoms with van der Waals surface area (Å²) in [5.74, 6) is 0. The van der Waals surface area contributed by atoms with Crippen LogP contribution in [-0.4, -0.2) is 0 Å². The van der Waals surface area contributed by atoms with Crippen molar-refractivity contribution >= 4 is 0 Å². The molecule has 1 aromatic carbocycles. The van der Waals surface area contributed by atoms with Gasteiger partial charge in [-0.05, 0) is 37.0 Å². The van der Waals surface area contributed by atoms with E-state index in [0.29, 0.717) is 0 Å². The molecule has 3 N–H and O–H groups in total. The zero-order valence-electron chi connectivity index (χ0n) is 7.65. The Morgan fingerprint density at radius 1 is 1.09 bits per heavy atom. The zero-order valence-corrected chi connectivity index (χ0v) is 7.65. The monoisotopic (exact) mass is 151 g/mol. The first-order valence-corrected chi connectivity index (χ1v) is 3.80. The van der Waals surface area contributed by atoms with Crippen LogP contribution in [0.2, 0.25) is 0 Å². The molecule has 0 aliphatic heterocycles. The molecule has 62 valence electrons. The van der Waals surface area contributed by atoms with Crippen LogP contribution in [0.1, 0.15) is 23.6 Å². The van der Waals surface area contributed by atoms with Crippen molar-refractivity contribution in [1.29, 1.82) is 0 Å². The summed E-state index contributed by atoms with van der Waals surface area (Å²) in [6.45, 7) is 6.49. The number of rotatable bonds is 1. The van der Waals surface area contributed by atoms with Crippen molar-refractivity contribution in [1.82, 2.24) is 6.15 Å². The lowest BCUT2D eigenvalue weighted by Gasteiger charge is -2.01. The van der Waals surface area contributed by atoms with E-state index in [0.717, 1.165) is 6.42 Å². The number of aryl methyl sites for hydroxylation is 3. The molecule has 1 nitrogen and oxygen atoms in total. The highest BCUT2D eigenvalue weighted by atomic mass is 14.0. The maximum Gasteiger partial charge on any atom is -0.0307 e. The third kappa shape index (κ3) is 2.35. The van der Waals surface area contributed by atoms with Crippen molar-refractivity contribution in [3.63, 3.8) is 0 Å². The van der Waals surface area contributed by atoms with E-state index in [2.05, 4.69) is 39.0 Å². The van der Waals surface area contributed by atoms with Crippen molar-refractivity contribution in [2.24, 2.45) is 0 Å². The number of hydrogen-bond acceptors (Lipinski definition) is 1. The Labute approximate surface area is 69.0 Å². The lowest BCUT2D eigenvalue weighted by Crippen LogP contribution is -1.84. The summed E-state index contributed by atoms with van der Waals surface area (Å²) >= 11 is 0. The second kappa shape index (κ2) is 4.14. The molecule has 1 rings (SSSR count). The van der Waals surface area contributed by atoms with Gasteiger partial charge < -0.3 is 6.15 Å². The molecule has 0 fully saturated rings. The molecule has 0 saturated heterocycles. The van der Waals surface area contributed by atoms with Crippen LogP contribution in [0.3, 0.4) is 0 Å². The molecule has 0 unspecified atom stereocenters. The van der Waals surface area contributed by atoms with Gasteiger partial charge in [0.25, 0.3) is 0 Å². The van der Waals surface area contributed by atoms with Gasteiger partial charge in [0, 0.05) is 0 Å². The standard InChI is InChI=1S/C10H14.H3N/c1-4-10-6-5-8(2)9(3)7-10;/h5-7H,4H2,1-3H3;1H3. The fraction of sp³-hybridized carbons (Fsp3) is 0.400. The van der Waals surface area contributed by atoms with E-state index in [1.54, 1.807) is 0 Å². The number of benzene rings is 1. The van der Waals surface area contributed by atoms with Crippen LogP contribution in [0.25, 0.3) is 0 Å². The molecular formula is C10H17N. The highest BCUT2D eigenvalue weighted by molar-refractivity contribution is 5.29. The predicted molar refractivity (Wildman–Crippen MR) is 50.3 cm³/mol. The van der Waals surface area contributed by atoms with Crippen molar-refractivity contribution in [2.75, 3.05) is 0 Å². The van der Waals surface area contributed by atoms with E-state index in [-0.39, 0.29) is 6.15 Å². The maximum atomic E-state index is 2.26. The summed E-state index contributed by atoms with van der Waals surface area (Å²) in [4.78, 5) is 0. The number of hydrogen-bond donors (Lipinski definition) is 1. The van der Waals surface area contributed by atoms with Gasteiger partial charge in [-0.25, -0.2) is 0 Å². The normalized spacial score (nSPS) is 9.00. The summed E-state index contributed by atoms with van der Waals surface area (Å²) < 4.78 is 0. The van der Waals surface area contributed by atoms with Crippen molar-refractivity contribution in [2.45, 2.75) is 27.2 Å². The quantitative estimate of drug-likeness (QED) is 0.657. The SMILES string of the molecule is CCc1ccc(C)c(C)c1.N. The second-order valence-corrected chi connectivity index (χ2v) is 2.77.